The number of rotatable bonds is 45. The van der Waals surface area contributed by atoms with Crippen LogP contribution in [0.1, 0.15) is 83.1 Å². The van der Waals surface area contributed by atoms with Crippen LogP contribution in [-0.2, 0) is 108 Å². The Morgan fingerprint density at radius 1 is 0.648 bits per heavy atom. The molecule has 5 rings (SSSR count). The van der Waals surface area contributed by atoms with E-state index in [4.69, 9.17) is 56.6 Å². The number of fused-ring (bicyclic) bond motifs is 2. The Labute approximate surface area is 578 Å². The summed E-state index contributed by atoms with van der Waals surface area (Å²) < 4.78 is 172. The van der Waals surface area contributed by atoms with E-state index < -0.39 is 75.4 Å². The monoisotopic (exact) mass is 1360 g/mol. The Hall–Kier alpha value is -3.13. The fourth-order valence-corrected chi connectivity index (χ4v) is 11.1. The number of amides is 2. The summed E-state index contributed by atoms with van der Waals surface area (Å²) in [6.07, 6.45) is 5.18. The fraction of sp³-hybridized carbons (Fsp3) is 0.627. The van der Waals surface area contributed by atoms with Gasteiger partial charge in [0.05, 0.1) is 157 Å². The molecule has 1 fully saturated rings. The minimum absolute atomic E-state index is 0. The van der Waals surface area contributed by atoms with Crippen LogP contribution in [0.5, 0.6) is 0 Å². The van der Waals surface area contributed by atoms with E-state index >= 15 is 0 Å². The summed E-state index contributed by atoms with van der Waals surface area (Å²) in [7, 11) is -12.4. The van der Waals surface area contributed by atoms with Crippen molar-refractivity contribution in [1.82, 2.24) is 9.64 Å². The van der Waals surface area contributed by atoms with Crippen LogP contribution >= 0.6 is 0 Å². The molecule has 0 radical (unpaired) electrons. The molecule has 4 aliphatic rings. The van der Waals surface area contributed by atoms with Crippen molar-refractivity contribution < 1.29 is 169 Å². The molecule has 2 amide bonds. The van der Waals surface area contributed by atoms with Crippen LogP contribution in [0.15, 0.2) is 69.6 Å². The Kier molecular flexibility index (Phi) is 37.7. The van der Waals surface area contributed by atoms with Crippen molar-refractivity contribution in [3.05, 3.63) is 82.6 Å². The molecule has 1 unspecified atom stereocenters. The molecular formula is C59H85N3Na2O24S3. The first-order valence-corrected chi connectivity index (χ1v) is 33.9. The van der Waals surface area contributed by atoms with Gasteiger partial charge in [0, 0.05) is 72.9 Å². The number of ether oxygens (including phenoxy) is 10. The normalized spacial score (nSPS) is 16.3. The van der Waals surface area contributed by atoms with Crippen LogP contribution in [0.2, 0.25) is 0 Å². The topological polar surface area (TPSA) is 347 Å². The number of allylic oxidation sites excluding steroid dienone is 3. The molecule has 3 aliphatic heterocycles. The molecule has 500 valence electrons. The predicted octanol–water partition coefficient (Wildman–Crippen LogP) is -2.91. The maximum Gasteiger partial charge on any atom is 1.00 e. The maximum atomic E-state index is 12.4. The molecule has 0 saturated carbocycles. The van der Waals surface area contributed by atoms with Crippen LogP contribution < -0.4 is 73.9 Å². The molecule has 0 aromatic heterocycles. The summed E-state index contributed by atoms with van der Waals surface area (Å²) in [6.45, 7) is 14.3. The molecule has 3 heterocycles. The van der Waals surface area contributed by atoms with Gasteiger partial charge in [-0.05, 0) is 78.8 Å². The smallest absolute Gasteiger partial charge is 0.748 e. The molecule has 27 nitrogen and oxygen atoms in total. The molecule has 0 N–H and O–H groups in total. The van der Waals surface area contributed by atoms with E-state index in [-0.39, 0.29) is 190 Å². The van der Waals surface area contributed by atoms with Gasteiger partial charge in [-0.15, -0.1) is 5.06 Å². The number of hydroxylamine groups is 2. The van der Waals surface area contributed by atoms with Gasteiger partial charge in [-0.3, -0.25) is 9.59 Å². The molecule has 1 saturated heterocycles. The Balaban J connectivity index is 0.0000108. The van der Waals surface area contributed by atoms with Crippen molar-refractivity contribution >= 4 is 59.9 Å². The Bertz CT molecular complexity index is 3180. The van der Waals surface area contributed by atoms with E-state index in [1.807, 2.05) is 33.7 Å². The summed E-state index contributed by atoms with van der Waals surface area (Å²) >= 11 is 0. The minimum Gasteiger partial charge on any atom is -0.748 e. The first-order chi connectivity index (χ1) is 42.3. The Morgan fingerprint density at radius 2 is 1.15 bits per heavy atom. The number of nitrogens with zero attached hydrogens (tertiary/aromatic N) is 3. The molecule has 1 aromatic rings. The van der Waals surface area contributed by atoms with Crippen molar-refractivity contribution in [3.63, 3.8) is 0 Å². The molecule has 1 aliphatic carbocycles. The summed E-state index contributed by atoms with van der Waals surface area (Å²) in [6, 6.07) is 11.6. The van der Waals surface area contributed by atoms with Crippen molar-refractivity contribution in [1.29, 1.82) is 0 Å². The number of anilines is 1. The third kappa shape index (κ3) is 29.8. The van der Waals surface area contributed by atoms with Gasteiger partial charge in [0.1, 0.15) is 34.8 Å². The van der Waals surface area contributed by atoms with Crippen LogP contribution in [0.3, 0.4) is 0 Å². The summed E-state index contributed by atoms with van der Waals surface area (Å²) in [5, 5.41) is 1.17. The summed E-state index contributed by atoms with van der Waals surface area (Å²) in [5.41, 5.74) is 1.78. The van der Waals surface area contributed by atoms with Gasteiger partial charge < -0.3 is 75.2 Å². The number of imide groups is 1. The van der Waals surface area contributed by atoms with Gasteiger partial charge in [-0.25, -0.2) is 34.6 Å². The van der Waals surface area contributed by atoms with E-state index in [9.17, 15) is 53.3 Å². The largest absolute Gasteiger partial charge is 1.00 e. The summed E-state index contributed by atoms with van der Waals surface area (Å²) in [4.78, 5) is 41.2. The van der Waals surface area contributed by atoms with E-state index in [1.54, 1.807) is 32.3 Å². The standard InChI is InChI=1S/C59H87N3O24S3.2Na/c1-58(2,3)50-44-47(85-53-43-46(11-13-49(50)53)60(19-8-42-88(69,70)71)20-23-77-28-31-81-36-39-83-34-33-79-26-25-75-5)9-6-10-54-59(4,18-7-41-87(66,67)68)51-45-48(89(72,73)74)12-14-52(51)61(54)21-24-78-29-32-82-37-40-84-38-35-80-30-27-76-22-17-57(65)86-62-55(63)15-16-56(62)64;;/h6,9-14,43-45H,7-8,15-42H2,1-5H3,(H2-,66,67,68,69,70,71,72,73,74);;/q;2*+1/p-2. The van der Waals surface area contributed by atoms with Crippen LogP contribution in [-0.4, -0.2) is 226 Å². The third-order valence-electron chi connectivity index (χ3n) is 14.0. The summed E-state index contributed by atoms with van der Waals surface area (Å²) in [5.74, 6) is -2.18. The molecule has 1 atom stereocenters. The maximum absolute atomic E-state index is 12.4. The SMILES string of the molecule is COCCOCCOCCOCCOCC[N+](CCCS(=O)(=O)[O-])=c1ccc2c(C(C)(C)C)cc(/C=C/C=C3/N(CCOCCOCCOCCOCCOCCC(=O)ON4C(=O)CCC4=O)c4ccc(S(=O)(=O)[O-])cc4C3(C)CCCS(=O)(=O)[O-])oc-2c1.[Na+].[Na+]. The van der Waals surface area contributed by atoms with E-state index in [2.05, 4.69) is 20.8 Å². The van der Waals surface area contributed by atoms with Crippen LogP contribution in [0.25, 0.3) is 17.4 Å². The quantitative estimate of drug-likeness (QED) is 0.0180. The van der Waals surface area contributed by atoms with E-state index in [0.717, 1.165) is 11.1 Å². The van der Waals surface area contributed by atoms with Crippen LogP contribution in [0, 0.1) is 0 Å². The first-order valence-electron chi connectivity index (χ1n) is 29.4. The number of methoxy groups -OCH3 is 1. The number of hydrogen-bond acceptors (Lipinski definition) is 25. The zero-order chi connectivity index (χ0) is 64.9. The van der Waals surface area contributed by atoms with Gasteiger partial charge in [0.25, 0.3) is 11.8 Å². The van der Waals surface area contributed by atoms with Gasteiger partial charge in [-0.2, -0.15) is 0 Å². The number of benzene rings is 2. The molecule has 0 spiro atoms. The second-order valence-corrected chi connectivity index (χ2v) is 26.2. The first kappa shape index (κ1) is 82.1. The van der Waals surface area contributed by atoms with Gasteiger partial charge in [0.15, 0.2) is 6.54 Å². The van der Waals surface area contributed by atoms with Gasteiger partial charge in [-0.1, -0.05) is 26.8 Å². The van der Waals surface area contributed by atoms with E-state index in [0.29, 0.717) is 91.7 Å². The predicted molar refractivity (Wildman–Crippen MR) is 319 cm³/mol. The van der Waals surface area contributed by atoms with Crippen molar-refractivity contribution in [3.8, 4) is 11.3 Å². The van der Waals surface area contributed by atoms with Gasteiger partial charge >= 0.3 is 65.1 Å². The van der Waals surface area contributed by atoms with E-state index in [1.165, 1.54) is 18.2 Å². The van der Waals surface area contributed by atoms with Crippen LogP contribution in [0.4, 0.5) is 5.69 Å². The average Bonchev–Trinajstić information content (AvgIpc) is 1.61. The van der Waals surface area contributed by atoms with Crippen molar-refractivity contribution in [2.45, 2.75) is 81.9 Å². The molecule has 91 heavy (non-hydrogen) atoms. The molecule has 32 heteroatoms. The van der Waals surface area contributed by atoms with Crippen molar-refractivity contribution in [2.24, 2.45) is 0 Å². The number of carbonyl (C=O) groups is 3. The van der Waals surface area contributed by atoms with Crippen molar-refractivity contribution in [2.75, 3.05) is 169 Å². The Morgan fingerprint density at radius 3 is 1.67 bits per heavy atom. The zero-order valence-corrected chi connectivity index (χ0v) is 59.8. The second kappa shape index (κ2) is 41.7. The number of hydrogen-bond donors (Lipinski definition) is 0. The molecular weight excluding hydrogens is 1280 g/mol. The minimum atomic E-state index is -4.93. The second-order valence-electron chi connectivity index (χ2n) is 21.8. The zero-order valence-electron chi connectivity index (χ0n) is 53.4. The average molecular weight is 1360 g/mol. The molecule has 1 aromatic carbocycles. The fourth-order valence-electron chi connectivity index (χ4n) is 9.60. The number of carbonyl (C=O) groups excluding carboxylic acids is 3. The molecule has 0 bridgehead atoms. The third-order valence-corrected chi connectivity index (χ3v) is 16.4. The van der Waals surface area contributed by atoms with Gasteiger partial charge in [0.2, 0.25) is 5.36 Å².